The van der Waals surface area contributed by atoms with Crippen molar-refractivity contribution in [1.29, 1.82) is 0 Å². The van der Waals surface area contributed by atoms with Crippen molar-refractivity contribution < 1.29 is 8.42 Å². The third-order valence-electron chi connectivity index (χ3n) is 0.189. The summed E-state index contributed by atoms with van der Waals surface area (Å²) in [4.78, 5) is 0. The summed E-state index contributed by atoms with van der Waals surface area (Å²) in [6.45, 7) is 0. The Bertz CT molecular complexity index is 135. The van der Waals surface area contributed by atoms with Gasteiger partial charge in [-0.1, -0.05) is 0 Å². The first-order valence-electron chi connectivity index (χ1n) is 1.33. The largest absolute Gasteiger partial charge is 0.368 e. The highest BCUT2D eigenvalue weighted by atomic mass is 32.2. The van der Waals surface area contributed by atoms with Crippen LogP contribution in [0, 0.1) is 0 Å². The van der Waals surface area contributed by atoms with Crippen molar-refractivity contribution in [2.24, 2.45) is 10.1 Å². The summed E-state index contributed by atoms with van der Waals surface area (Å²) >= 11 is 0. The fourth-order valence-corrected chi connectivity index (χ4v) is 0.264. The van der Waals surface area contributed by atoms with E-state index in [0.29, 0.717) is 0 Å². The highest BCUT2D eigenvalue weighted by Gasteiger charge is 1.76. The SMILES string of the molecule is [NH]C(N)=N[SH](=O)=O. The van der Waals surface area contributed by atoms with Gasteiger partial charge < -0.3 is 5.73 Å². The molecule has 0 spiro atoms. The summed E-state index contributed by atoms with van der Waals surface area (Å²) in [6, 6.07) is 0. The number of nitrogens with two attached hydrogens (primary N) is 1. The fraction of sp³-hybridized carbons (Fsp3) is 0. The Labute approximate surface area is 42.1 Å². The van der Waals surface area contributed by atoms with E-state index in [0.717, 1.165) is 0 Å². The second-order valence-corrected chi connectivity index (χ2v) is 1.40. The summed E-state index contributed by atoms with van der Waals surface area (Å²) in [5, 5.41) is 0. The van der Waals surface area contributed by atoms with E-state index in [1.54, 1.807) is 0 Å². The Hall–Kier alpha value is -0.780. The van der Waals surface area contributed by atoms with E-state index < -0.39 is 16.8 Å². The van der Waals surface area contributed by atoms with Gasteiger partial charge in [0.1, 0.15) is 0 Å². The van der Waals surface area contributed by atoms with Crippen molar-refractivity contribution in [3.05, 3.63) is 0 Å². The number of thiol groups is 1. The first-order chi connectivity index (χ1) is 3.13. The van der Waals surface area contributed by atoms with Gasteiger partial charge in [-0.25, -0.2) is 8.42 Å². The molecule has 0 unspecified atom stereocenters. The molecule has 0 atom stereocenters. The number of guanidine groups is 1. The van der Waals surface area contributed by atoms with Gasteiger partial charge in [0.15, 0.2) is 0 Å². The van der Waals surface area contributed by atoms with Crippen molar-refractivity contribution >= 4 is 16.8 Å². The maximum absolute atomic E-state index is 9.46. The van der Waals surface area contributed by atoms with E-state index in [4.69, 9.17) is 5.73 Å². The minimum Gasteiger partial charge on any atom is -0.368 e. The van der Waals surface area contributed by atoms with Crippen LogP contribution in [0.3, 0.4) is 0 Å². The second kappa shape index (κ2) is 2.40. The molecule has 7 heavy (non-hydrogen) atoms. The van der Waals surface area contributed by atoms with Crippen LogP contribution in [0.2, 0.25) is 0 Å². The molecule has 0 saturated heterocycles. The van der Waals surface area contributed by atoms with E-state index in [1.807, 2.05) is 0 Å². The minimum atomic E-state index is -2.86. The number of rotatable bonds is 1. The zero-order valence-electron chi connectivity index (χ0n) is 3.29. The van der Waals surface area contributed by atoms with Crippen LogP contribution in [0.5, 0.6) is 0 Å². The van der Waals surface area contributed by atoms with Crippen LogP contribution < -0.4 is 11.5 Å². The topological polar surface area (TPSA) is 96.3 Å². The highest BCUT2D eigenvalue weighted by molar-refractivity contribution is 7.71. The van der Waals surface area contributed by atoms with E-state index >= 15 is 0 Å². The van der Waals surface area contributed by atoms with Crippen LogP contribution >= 0.6 is 0 Å². The lowest BCUT2D eigenvalue weighted by molar-refractivity contribution is 0.616. The van der Waals surface area contributed by atoms with Gasteiger partial charge in [0.25, 0.3) is 0 Å². The van der Waals surface area contributed by atoms with Crippen molar-refractivity contribution in [2.75, 3.05) is 0 Å². The first-order valence-corrected chi connectivity index (χ1v) is 2.46. The third-order valence-corrected chi connectivity index (χ3v) is 0.568. The van der Waals surface area contributed by atoms with Crippen molar-refractivity contribution in [2.45, 2.75) is 0 Å². The Kier molecular flexibility index (Phi) is 2.14. The fourth-order valence-electron chi connectivity index (χ4n) is 0.0880. The Balaban J connectivity index is 3.94. The summed E-state index contributed by atoms with van der Waals surface area (Å²) < 4.78 is 21.5. The van der Waals surface area contributed by atoms with E-state index in [2.05, 4.69) is 10.1 Å². The van der Waals surface area contributed by atoms with Gasteiger partial charge in [-0.3, -0.25) is 5.73 Å². The molecule has 0 saturated carbocycles. The van der Waals surface area contributed by atoms with E-state index in [1.165, 1.54) is 0 Å². The number of nitrogens with one attached hydrogen (secondary N) is 1. The zero-order valence-corrected chi connectivity index (χ0v) is 4.18. The lowest BCUT2D eigenvalue weighted by Gasteiger charge is -1.75. The molecule has 6 heteroatoms. The van der Waals surface area contributed by atoms with E-state index in [9.17, 15) is 8.42 Å². The summed E-state index contributed by atoms with van der Waals surface area (Å²) in [6.07, 6.45) is 0. The maximum atomic E-state index is 9.46. The molecule has 41 valence electrons. The lowest BCUT2D eigenvalue weighted by atomic mass is 11.1. The minimum absolute atomic E-state index is 0.684. The Morgan fingerprint density at radius 3 is 2.14 bits per heavy atom. The monoisotopic (exact) mass is 122 g/mol. The summed E-state index contributed by atoms with van der Waals surface area (Å²) in [5.41, 5.74) is 10.8. The molecule has 0 amide bonds. The first kappa shape index (κ1) is 6.22. The molecule has 0 aliphatic carbocycles. The molecule has 0 aromatic carbocycles. The molecule has 0 fully saturated rings. The average molecular weight is 122 g/mol. The smallest absolute Gasteiger partial charge is 0.246 e. The number of nitrogens with zero attached hydrogens (tertiary/aromatic N) is 1. The van der Waals surface area contributed by atoms with Gasteiger partial charge >= 0.3 is 0 Å². The zero-order chi connectivity index (χ0) is 5.86. The predicted octanol–water partition coefficient (Wildman–Crippen LogP) is -1.89. The molecule has 0 aromatic rings. The predicted molar refractivity (Wildman–Crippen MR) is 25.0 cm³/mol. The van der Waals surface area contributed by atoms with Gasteiger partial charge in [0, 0.05) is 0 Å². The number of hydrogen-bond donors (Lipinski definition) is 2. The molecular formula is CH4N3O2S. The van der Waals surface area contributed by atoms with Crippen LogP contribution in [-0.4, -0.2) is 14.4 Å². The molecule has 0 rings (SSSR count). The maximum Gasteiger partial charge on any atom is 0.246 e. The van der Waals surface area contributed by atoms with Gasteiger partial charge in [-0.2, -0.15) is 0 Å². The number of hydrogen-bond acceptors (Lipinski definition) is 2. The van der Waals surface area contributed by atoms with Crippen molar-refractivity contribution in [3.8, 4) is 0 Å². The molecule has 0 heterocycles. The molecular weight excluding hydrogens is 118 g/mol. The van der Waals surface area contributed by atoms with Gasteiger partial charge in [0.05, 0.1) is 0 Å². The highest BCUT2D eigenvalue weighted by Crippen LogP contribution is 1.60. The second-order valence-electron chi connectivity index (χ2n) is 0.723. The van der Waals surface area contributed by atoms with Gasteiger partial charge in [0.2, 0.25) is 16.8 Å². The van der Waals surface area contributed by atoms with E-state index in [-0.39, 0.29) is 0 Å². The third kappa shape index (κ3) is 5.22. The van der Waals surface area contributed by atoms with Crippen LogP contribution in [0.15, 0.2) is 4.40 Å². The van der Waals surface area contributed by atoms with Crippen LogP contribution in [0.25, 0.3) is 0 Å². The molecule has 1 radical (unpaired) electrons. The standard InChI is InChI=1S/CH4N3O2S/c2-1(3)4-7(5)6/h2,7H,(H2,3,4,5,6). The quantitative estimate of drug-likeness (QED) is 0.242. The van der Waals surface area contributed by atoms with Crippen molar-refractivity contribution in [1.82, 2.24) is 5.73 Å². The normalized spacial score (nSPS) is 12.4. The van der Waals surface area contributed by atoms with Crippen LogP contribution in [0.1, 0.15) is 0 Å². The molecule has 3 N–H and O–H groups in total. The Morgan fingerprint density at radius 1 is 1.71 bits per heavy atom. The van der Waals surface area contributed by atoms with Gasteiger partial charge in [-0.15, -0.1) is 4.40 Å². The van der Waals surface area contributed by atoms with Crippen LogP contribution in [0.4, 0.5) is 0 Å². The molecule has 0 bridgehead atoms. The average Bonchev–Trinajstić information content (AvgIpc) is 1.27. The molecule has 0 aromatic heterocycles. The molecule has 0 aliphatic rings. The molecule has 5 nitrogen and oxygen atoms in total. The molecule has 0 aliphatic heterocycles. The van der Waals surface area contributed by atoms with Crippen LogP contribution in [-0.2, 0) is 10.9 Å². The summed E-state index contributed by atoms with van der Waals surface area (Å²) in [5.74, 6) is -0.684. The van der Waals surface area contributed by atoms with Gasteiger partial charge in [-0.05, 0) is 0 Å². The van der Waals surface area contributed by atoms with Crippen molar-refractivity contribution in [3.63, 3.8) is 0 Å². The lowest BCUT2D eigenvalue weighted by Crippen LogP contribution is -2.11. The summed E-state index contributed by atoms with van der Waals surface area (Å²) in [7, 11) is -2.86. The Morgan fingerprint density at radius 2 is 2.14 bits per heavy atom.